The highest BCUT2D eigenvalue weighted by Crippen LogP contribution is 2.38. The molecule has 0 atom stereocenters. The summed E-state index contributed by atoms with van der Waals surface area (Å²) >= 11 is 0. The Morgan fingerprint density at radius 2 is 1.35 bits per heavy atom. The Balaban J connectivity index is 2.37. The number of carbonyl (C=O) groups is 2. The number of benzene rings is 2. The number of carbonyl (C=O) groups excluding carboxylic acids is 2. The zero-order valence-corrected chi connectivity index (χ0v) is 10.5. The molecular formula is C15H10O5. The molecule has 3 N–H and O–H groups in total. The second-order valence-corrected chi connectivity index (χ2v) is 4.70. The van der Waals surface area contributed by atoms with Gasteiger partial charge in [0.1, 0.15) is 5.75 Å². The van der Waals surface area contributed by atoms with Gasteiger partial charge < -0.3 is 15.3 Å². The number of aryl methyl sites for hydroxylation is 1. The van der Waals surface area contributed by atoms with Crippen LogP contribution in [0, 0.1) is 6.92 Å². The summed E-state index contributed by atoms with van der Waals surface area (Å²) in [6, 6.07) is 5.11. The Morgan fingerprint density at radius 3 is 1.95 bits per heavy atom. The van der Waals surface area contributed by atoms with Crippen molar-refractivity contribution in [1.29, 1.82) is 0 Å². The summed E-state index contributed by atoms with van der Waals surface area (Å²) in [5.41, 5.74) is 0.499. The van der Waals surface area contributed by atoms with Gasteiger partial charge in [-0.1, -0.05) is 6.07 Å². The minimum Gasteiger partial charge on any atom is -0.507 e. The first-order valence-corrected chi connectivity index (χ1v) is 5.89. The molecule has 2 aromatic carbocycles. The molecule has 0 aliphatic heterocycles. The average Bonchev–Trinajstić information content (AvgIpc) is 2.41. The van der Waals surface area contributed by atoms with Crippen molar-refractivity contribution in [2.45, 2.75) is 6.92 Å². The molecule has 0 amide bonds. The van der Waals surface area contributed by atoms with Gasteiger partial charge in [0.05, 0.1) is 5.56 Å². The fourth-order valence-corrected chi connectivity index (χ4v) is 2.35. The SMILES string of the molecule is Cc1ccc2c(c1O)C(=O)c1cc(O)c(O)cc1C2=O. The molecule has 0 bridgehead atoms. The molecule has 0 fully saturated rings. The van der Waals surface area contributed by atoms with Crippen LogP contribution in [-0.4, -0.2) is 26.9 Å². The Hall–Kier alpha value is -2.82. The molecule has 0 saturated heterocycles. The third kappa shape index (κ3) is 1.43. The van der Waals surface area contributed by atoms with Crippen LogP contribution in [0.2, 0.25) is 0 Å². The van der Waals surface area contributed by atoms with Crippen LogP contribution in [0.5, 0.6) is 17.2 Å². The summed E-state index contributed by atoms with van der Waals surface area (Å²) in [5, 5.41) is 28.9. The average molecular weight is 270 g/mol. The Bertz CT molecular complexity index is 785. The molecule has 0 saturated carbocycles. The van der Waals surface area contributed by atoms with E-state index < -0.39 is 23.1 Å². The first-order chi connectivity index (χ1) is 9.41. The Labute approximate surface area is 113 Å². The highest BCUT2D eigenvalue weighted by atomic mass is 16.3. The molecule has 3 rings (SSSR count). The molecule has 5 heteroatoms. The molecule has 100 valence electrons. The predicted molar refractivity (Wildman–Crippen MR) is 69.5 cm³/mol. The topological polar surface area (TPSA) is 94.8 Å². The Kier molecular flexibility index (Phi) is 2.34. The first kappa shape index (κ1) is 12.2. The van der Waals surface area contributed by atoms with Crippen LogP contribution < -0.4 is 0 Å². The van der Waals surface area contributed by atoms with Crippen LogP contribution in [0.4, 0.5) is 0 Å². The summed E-state index contributed by atoms with van der Waals surface area (Å²) in [6.07, 6.45) is 0. The molecule has 1 aliphatic carbocycles. The summed E-state index contributed by atoms with van der Waals surface area (Å²) in [4.78, 5) is 24.7. The van der Waals surface area contributed by atoms with Crippen molar-refractivity contribution < 1.29 is 24.9 Å². The van der Waals surface area contributed by atoms with Crippen LogP contribution in [-0.2, 0) is 0 Å². The maximum Gasteiger partial charge on any atom is 0.198 e. The summed E-state index contributed by atoms with van der Waals surface area (Å²) in [7, 11) is 0. The normalized spacial score (nSPS) is 13.1. The summed E-state index contributed by atoms with van der Waals surface area (Å²) in [5.74, 6) is -2.21. The molecule has 1 aliphatic rings. The van der Waals surface area contributed by atoms with Crippen LogP contribution in [0.3, 0.4) is 0 Å². The van der Waals surface area contributed by atoms with E-state index in [0.29, 0.717) is 5.56 Å². The second kappa shape index (κ2) is 3.84. The lowest BCUT2D eigenvalue weighted by Crippen LogP contribution is -2.21. The molecule has 0 heterocycles. The number of aromatic hydroxyl groups is 3. The van der Waals surface area contributed by atoms with Gasteiger partial charge in [-0.25, -0.2) is 0 Å². The lowest BCUT2D eigenvalue weighted by atomic mass is 9.82. The van der Waals surface area contributed by atoms with Crippen LogP contribution >= 0.6 is 0 Å². The lowest BCUT2D eigenvalue weighted by Gasteiger charge is -2.19. The van der Waals surface area contributed by atoms with E-state index in [0.717, 1.165) is 12.1 Å². The smallest absolute Gasteiger partial charge is 0.198 e. The van der Waals surface area contributed by atoms with Gasteiger partial charge in [0, 0.05) is 16.7 Å². The second-order valence-electron chi connectivity index (χ2n) is 4.70. The standard InChI is InChI=1S/C15H10O5/c1-6-2-3-7-12(13(6)18)15(20)9-5-11(17)10(16)4-8(9)14(7)19/h2-5,16-18H,1H3. The maximum atomic E-state index is 12.4. The van der Waals surface area contributed by atoms with Gasteiger partial charge >= 0.3 is 0 Å². The Morgan fingerprint density at radius 1 is 0.800 bits per heavy atom. The monoisotopic (exact) mass is 270 g/mol. The molecule has 0 radical (unpaired) electrons. The van der Waals surface area contributed by atoms with E-state index in [1.165, 1.54) is 6.07 Å². The number of rotatable bonds is 0. The van der Waals surface area contributed by atoms with Crippen molar-refractivity contribution in [3.05, 3.63) is 52.1 Å². The number of ketones is 2. The first-order valence-electron chi connectivity index (χ1n) is 5.89. The largest absolute Gasteiger partial charge is 0.507 e. The van der Waals surface area contributed by atoms with Crippen molar-refractivity contribution in [2.75, 3.05) is 0 Å². The van der Waals surface area contributed by atoms with Gasteiger partial charge in [-0.3, -0.25) is 9.59 Å². The van der Waals surface area contributed by atoms with E-state index >= 15 is 0 Å². The number of hydrogen-bond donors (Lipinski definition) is 3. The predicted octanol–water partition coefficient (Wildman–Crippen LogP) is 1.89. The molecular weight excluding hydrogens is 260 g/mol. The minimum absolute atomic E-state index is 0.0149. The van der Waals surface area contributed by atoms with Gasteiger partial charge in [0.25, 0.3) is 0 Å². The maximum absolute atomic E-state index is 12.4. The van der Waals surface area contributed by atoms with Crippen molar-refractivity contribution in [3.63, 3.8) is 0 Å². The van der Waals surface area contributed by atoms with Crippen molar-refractivity contribution in [3.8, 4) is 17.2 Å². The molecule has 2 aromatic rings. The molecule has 0 unspecified atom stereocenters. The van der Waals surface area contributed by atoms with Gasteiger partial charge in [-0.05, 0) is 30.7 Å². The number of phenolic OH excluding ortho intramolecular Hbond substituents is 3. The van der Waals surface area contributed by atoms with Gasteiger partial charge in [0.2, 0.25) is 0 Å². The molecule has 0 spiro atoms. The lowest BCUT2D eigenvalue weighted by molar-refractivity contribution is 0.0976. The fourth-order valence-electron chi connectivity index (χ4n) is 2.35. The zero-order valence-electron chi connectivity index (χ0n) is 10.5. The van der Waals surface area contributed by atoms with E-state index in [4.69, 9.17) is 0 Å². The van der Waals surface area contributed by atoms with E-state index in [2.05, 4.69) is 0 Å². The van der Waals surface area contributed by atoms with Crippen molar-refractivity contribution in [1.82, 2.24) is 0 Å². The molecule has 20 heavy (non-hydrogen) atoms. The minimum atomic E-state index is -0.550. The van der Waals surface area contributed by atoms with Crippen LogP contribution in [0.15, 0.2) is 24.3 Å². The third-order valence-corrected chi connectivity index (χ3v) is 3.46. The zero-order chi connectivity index (χ0) is 14.6. The van der Waals surface area contributed by atoms with E-state index in [1.807, 2.05) is 0 Å². The van der Waals surface area contributed by atoms with Crippen molar-refractivity contribution in [2.24, 2.45) is 0 Å². The van der Waals surface area contributed by atoms with Crippen molar-refractivity contribution >= 4 is 11.6 Å². The van der Waals surface area contributed by atoms with Gasteiger partial charge in [0.15, 0.2) is 23.1 Å². The number of hydrogen-bond acceptors (Lipinski definition) is 5. The quantitative estimate of drug-likeness (QED) is 0.542. The van der Waals surface area contributed by atoms with Crippen LogP contribution in [0.1, 0.15) is 37.4 Å². The highest BCUT2D eigenvalue weighted by Gasteiger charge is 2.33. The molecule has 0 aromatic heterocycles. The van der Waals surface area contributed by atoms with Gasteiger partial charge in [-0.2, -0.15) is 0 Å². The third-order valence-electron chi connectivity index (χ3n) is 3.46. The van der Waals surface area contributed by atoms with E-state index in [-0.39, 0.29) is 28.0 Å². The molecule has 5 nitrogen and oxygen atoms in total. The summed E-state index contributed by atoms with van der Waals surface area (Å²) in [6.45, 7) is 1.62. The van der Waals surface area contributed by atoms with E-state index in [9.17, 15) is 24.9 Å². The van der Waals surface area contributed by atoms with E-state index in [1.54, 1.807) is 13.0 Å². The fraction of sp³-hybridized carbons (Fsp3) is 0.0667. The van der Waals surface area contributed by atoms with Crippen LogP contribution in [0.25, 0.3) is 0 Å². The summed E-state index contributed by atoms with van der Waals surface area (Å²) < 4.78 is 0. The van der Waals surface area contributed by atoms with Gasteiger partial charge in [-0.15, -0.1) is 0 Å². The highest BCUT2D eigenvalue weighted by molar-refractivity contribution is 6.29. The number of fused-ring (bicyclic) bond motifs is 2. The number of phenols is 3.